The van der Waals surface area contributed by atoms with Crippen LogP contribution in [0.3, 0.4) is 0 Å². The van der Waals surface area contributed by atoms with Gasteiger partial charge in [0.05, 0.1) is 0 Å². The summed E-state index contributed by atoms with van der Waals surface area (Å²) in [7, 11) is 0. The van der Waals surface area contributed by atoms with Gasteiger partial charge in [-0.05, 0) is 36.4 Å². The van der Waals surface area contributed by atoms with Gasteiger partial charge >= 0.3 is 0 Å². The van der Waals surface area contributed by atoms with Crippen LogP contribution in [0.1, 0.15) is 31.8 Å². The maximum atomic E-state index is 10.8. The highest BCUT2D eigenvalue weighted by atomic mass is 16.5. The Labute approximate surface area is 110 Å². The molecule has 0 fully saturated rings. The van der Waals surface area contributed by atoms with Gasteiger partial charge in [0.15, 0.2) is 0 Å². The lowest BCUT2D eigenvalue weighted by atomic mass is 10.1. The van der Waals surface area contributed by atoms with Crippen LogP contribution in [0.2, 0.25) is 0 Å². The predicted octanol–water partition coefficient (Wildman–Crippen LogP) is 3.59. The van der Waals surface area contributed by atoms with Crippen LogP contribution in [0.25, 0.3) is 12.2 Å². The number of hydrogen-bond donors (Lipinski definition) is 0. The molecular weight excluding hydrogens is 240 g/mol. The van der Waals surface area contributed by atoms with Crippen molar-refractivity contribution in [1.82, 2.24) is 0 Å². The number of ether oxygens (including phenoxy) is 1. The Hall–Kier alpha value is -2.68. The van der Waals surface area contributed by atoms with E-state index in [-0.39, 0.29) is 0 Å². The summed E-state index contributed by atoms with van der Waals surface area (Å²) in [5.74, 6) is 1.39. The molecule has 1 heterocycles. The maximum Gasteiger partial charge on any atom is 0.150 e. The van der Waals surface area contributed by atoms with Crippen molar-refractivity contribution in [3.8, 4) is 11.5 Å². The van der Waals surface area contributed by atoms with Crippen LogP contribution in [-0.4, -0.2) is 12.6 Å². The van der Waals surface area contributed by atoms with Crippen molar-refractivity contribution in [2.75, 3.05) is 0 Å². The van der Waals surface area contributed by atoms with Crippen molar-refractivity contribution in [1.29, 1.82) is 0 Å². The normalized spacial score (nSPS) is 11.8. The fourth-order valence-corrected chi connectivity index (χ4v) is 2.02. The number of hydrogen-bond acceptors (Lipinski definition) is 3. The number of rotatable bonds is 2. The van der Waals surface area contributed by atoms with Crippen molar-refractivity contribution < 1.29 is 14.3 Å². The molecule has 0 radical (unpaired) electrons. The Balaban J connectivity index is 2.11. The first-order valence-corrected chi connectivity index (χ1v) is 5.84. The summed E-state index contributed by atoms with van der Waals surface area (Å²) in [5, 5.41) is 0. The number of aldehydes is 2. The largest absolute Gasteiger partial charge is 0.456 e. The summed E-state index contributed by atoms with van der Waals surface area (Å²) in [4.78, 5) is 21.6. The van der Waals surface area contributed by atoms with E-state index in [1.165, 1.54) is 0 Å². The van der Waals surface area contributed by atoms with Crippen LogP contribution in [0.4, 0.5) is 0 Å². The molecule has 0 bridgehead atoms. The van der Waals surface area contributed by atoms with Crippen LogP contribution in [0.5, 0.6) is 11.5 Å². The molecule has 92 valence electrons. The molecule has 3 nitrogen and oxygen atoms in total. The van der Waals surface area contributed by atoms with Gasteiger partial charge in [-0.3, -0.25) is 9.59 Å². The quantitative estimate of drug-likeness (QED) is 0.653. The van der Waals surface area contributed by atoms with E-state index < -0.39 is 0 Å². The van der Waals surface area contributed by atoms with Gasteiger partial charge in [0.1, 0.15) is 24.1 Å². The van der Waals surface area contributed by atoms with Crippen LogP contribution in [-0.2, 0) is 0 Å². The van der Waals surface area contributed by atoms with Crippen molar-refractivity contribution >= 4 is 24.7 Å². The molecule has 0 N–H and O–H groups in total. The molecule has 3 heteroatoms. The lowest BCUT2D eigenvalue weighted by molar-refractivity contribution is 0.111. The first-order chi connectivity index (χ1) is 9.30. The monoisotopic (exact) mass is 250 g/mol. The predicted molar refractivity (Wildman–Crippen MR) is 72.7 cm³/mol. The summed E-state index contributed by atoms with van der Waals surface area (Å²) in [5.41, 5.74) is 2.89. The van der Waals surface area contributed by atoms with E-state index in [9.17, 15) is 9.59 Å². The Morgan fingerprint density at radius 3 is 1.63 bits per heavy atom. The Morgan fingerprint density at radius 2 is 1.21 bits per heavy atom. The molecule has 3 rings (SSSR count). The first-order valence-electron chi connectivity index (χ1n) is 5.84. The topological polar surface area (TPSA) is 43.4 Å². The molecule has 0 atom stereocenters. The Bertz CT molecular complexity index is 640. The lowest BCUT2D eigenvalue weighted by Gasteiger charge is -2.09. The molecule has 0 saturated carbocycles. The van der Waals surface area contributed by atoms with Gasteiger partial charge in [-0.2, -0.15) is 0 Å². The maximum absolute atomic E-state index is 10.8. The van der Waals surface area contributed by atoms with Crippen LogP contribution < -0.4 is 4.74 Å². The molecule has 0 amide bonds. The second kappa shape index (κ2) is 4.53. The summed E-state index contributed by atoms with van der Waals surface area (Å²) in [6, 6.07) is 10.5. The van der Waals surface area contributed by atoms with Gasteiger partial charge in [0.25, 0.3) is 0 Å². The minimum atomic E-state index is 0.603. The molecule has 2 aromatic rings. The zero-order valence-corrected chi connectivity index (χ0v) is 10.00. The van der Waals surface area contributed by atoms with Crippen molar-refractivity contribution in [3.63, 3.8) is 0 Å². The summed E-state index contributed by atoms with van der Waals surface area (Å²) < 4.78 is 5.81. The summed E-state index contributed by atoms with van der Waals surface area (Å²) in [6.07, 6.45) is 5.36. The highest BCUT2D eigenvalue weighted by Gasteiger charge is 2.11. The summed E-state index contributed by atoms with van der Waals surface area (Å²) >= 11 is 0. The van der Waals surface area contributed by atoms with Crippen LogP contribution in [0.15, 0.2) is 36.4 Å². The van der Waals surface area contributed by atoms with E-state index in [1.54, 1.807) is 36.4 Å². The van der Waals surface area contributed by atoms with Crippen molar-refractivity contribution in [2.45, 2.75) is 0 Å². The molecule has 19 heavy (non-hydrogen) atoms. The summed E-state index contributed by atoms with van der Waals surface area (Å²) in [6.45, 7) is 0. The van der Waals surface area contributed by atoms with E-state index in [0.717, 1.165) is 23.7 Å². The third-order valence-electron chi connectivity index (χ3n) is 3.00. The van der Waals surface area contributed by atoms with Gasteiger partial charge in [-0.25, -0.2) is 0 Å². The smallest absolute Gasteiger partial charge is 0.150 e. The number of fused-ring (bicyclic) bond motifs is 2. The highest BCUT2D eigenvalue weighted by Crippen LogP contribution is 2.34. The Kier molecular flexibility index (Phi) is 2.72. The lowest BCUT2D eigenvalue weighted by Crippen LogP contribution is -1.90. The van der Waals surface area contributed by atoms with E-state index in [0.29, 0.717) is 22.6 Å². The second-order valence-corrected chi connectivity index (χ2v) is 4.27. The van der Waals surface area contributed by atoms with Crippen molar-refractivity contribution in [2.24, 2.45) is 0 Å². The molecule has 2 aromatic carbocycles. The average molecular weight is 250 g/mol. The van der Waals surface area contributed by atoms with Gasteiger partial charge < -0.3 is 4.74 Å². The molecule has 0 spiro atoms. The highest BCUT2D eigenvalue weighted by molar-refractivity contribution is 5.84. The van der Waals surface area contributed by atoms with Crippen LogP contribution >= 0.6 is 0 Å². The number of carbonyl (C=O) groups is 2. The molecule has 0 aromatic heterocycles. The van der Waals surface area contributed by atoms with Crippen LogP contribution in [0, 0.1) is 0 Å². The number of benzene rings is 2. The molecule has 0 aliphatic carbocycles. The van der Waals surface area contributed by atoms with E-state index >= 15 is 0 Å². The van der Waals surface area contributed by atoms with E-state index in [1.807, 2.05) is 12.2 Å². The first kappa shape index (κ1) is 11.4. The van der Waals surface area contributed by atoms with Gasteiger partial charge in [-0.1, -0.05) is 12.2 Å². The zero-order valence-electron chi connectivity index (χ0n) is 10.00. The molecule has 1 aliphatic heterocycles. The average Bonchev–Trinajstić information content (AvgIpc) is 2.64. The fourth-order valence-electron chi connectivity index (χ4n) is 2.02. The SMILES string of the molecule is O=Cc1ccc2c(c1)C=Cc1cc(C=O)ccc1O2. The minimum Gasteiger partial charge on any atom is -0.456 e. The van der Waals surface area contributed by atoms with E-state index in [4.69, 9.17) is 4.74 Å². The third-order valence-corrected chi connectivity index (χ3v) is 3.00. The molecular formula is C16H10O3. The van der Waals surface area contributed by atoms with E-state index in [2.05, 4.69) is 0 Å². The van der Waals surface area contributed by atoms with Gasteiger partial charge in [0, 0.05) is 22.3 Å². The van der Waals surface area contributed by atoms with Gasteiger partial charge in [0.2, 0.25) is 0 Å². The fraction of sp³-hybridized carbons (Fsp3) is 0. The zero-order chi connectivity index (χ0) is 13.2. The Morgan fingerprint density at radius 1 is 0.737 bits per heavy atom. The molecule has 1 aliphatic rings. The van der Waals surface area contributed by atoms with Crippen molar-refractivity contribution in [3.05, 3.63) is 58.7 Å². The minimum absolute atomic E-state index is 0.603. The molecule has 0 saturated heterocycles. The molecule has 0 unspecified atom stereocenters. The standard InChI is InChI=1S/C16H10O3/c17-9-11-1-5-15-13(7-11)3-4-14-8-12(10-18)2-6-16(14)19-15/h1-10H. The second-order valence-electron chi connectivity index (χ2n) is 4.27. The number of carbonyl (C=O) groups excluding carboxylic acids is 2. The van der Waals surface area contributed by atoms with Gasteiger partial charge in [-0.15, -0.1) is 0 Å². The third kappa shape index (κ3) is 2.06.